The van der Waals surface area contributed by atoms with Crippen molar-refractivity contribution in [2.24, 2.45) is 5.16 Å². The highest BCUT2D eigenvalue weighted by molar-refractivity contribution is 6.04. The zero-order valence-electron chi connectivity index (χ0n) is 15.9. The molecule has 0 radical (unpaired) electrons. The second kappa shape index (κ2) is 7.11. The maximum atomic E-state index is 12.9. The summed E-state index contributed by atoms with van der Waals surface area (Å²) in [6, 6.07) is 21.5. The summed E-state index contributed by atoms with van der Waals surface area (Å²) < 4.78 is 2.06. The molecule has 0 spiro atoms. The van der Waals surface area contributed by atoms with E-state index in [-0.39, 0.29) is 17.2 Å². The van der Waals surface area contributed by atoms with E-state index in [1.165, 1.54) is 6.07 Å². The van der Waals surface area contributed by atoms with Crippen LogP contribution in [0.5, 0.6) is 0 Å². The molecular formula is C23H17N3O4. The minimum atomic E-state index is -0.409. The third kappa shape index (κ3) is 2.91. The first kappa shape index (κ1) is 18.1. The van der Waals surface area contributed by atoms with Gasteiger partial charge in [0.2, 0.25) is 0 Å². The van der Waals surface area contributed by atoms with Crippen molar-refractivity contribution in [3.05, 3.63) is 98.7 Å². The van der Waals surface area contributed by atoms with E-state index in [0.29, 0.717) is 35.0 Å². The average Bonchev–Trinajstić information content (AvgIpc) is 3.25. The summed E-state index contributed by atoms with van der Waals surface area (Å²) in [6.07, 6.45) is 0.147. The van der Waals surface area contributed by atoms with Crippen molar-refractivity contribution in [2.45, 2.75) is 19.1 Å². The number of nitro benzene ring substituents is 1. The number of hydrogen-bond acceptors (Lipinski definition) is 5. The van der Waals surface area contributed by atoms with E-state index in [1.807, 2.05) is 48.5 Å². The topological polar surface area (TPSA) is 86.7 Å². The number of hydrogen-bond donors (Lipinski definition) is 0. The largest absolute Gasteiger partial charge is 0.390 e. The summed E-state index contributed by atoms with van der Waals surface area (Å²) in [5.74, 6) is 0. The minimum absolute atomic E-state index is 0.00152. The number of benzene rings is 3. The van der Waals surface area contributed by atoms with Gasteiger partial charge in [-0.2, -0.15) is 0 Å². The smallest absolute Gasteiger partial charge is 0.278 e. The Morgan fingerprint density at radius 1 is 0.967 bits per heavy atom. The van der Waals surface area contributed by atoms with E-state index in [9.17, 15) is 14.9 Å². The van der Waals surface area contributed by atoms with E-state index in [1.54, 1.807) is 18.2 Å². The average molecular weight is 399 g/mol. The zero-order valence-corrected chi connectivity index (χ0v) is 15.9. The lowest BCUT2D eigenvalue weighted by atomic mass is 10.0. The second-order valence-corrected chi connectivity index (χ2v) is 7.22. The van der Waals surface area contributed by atoms with E-state index in [4.69, 9.17) is 4.84 Å². The fourth-order valence-corrected chi connectivity index (χ4v) is 4.04. The first-order chi connectivity index (χ1) is 14.6. The van der Waals surface area contributed by atoms with Gasteiger partial charge in [-0.15, -0.1) is 0 Å². The van der Waals surface area contributed by atoms with Gasteiger partial charge in [-0.1, -0.05) is 41.6 Å². The molecule has 2 heterocycles. The van der Waals surface area contributed by atoms with Crippen molar-refractivity contribution >= 4 is 33.2 Å². The molecule has 30 heavy (non-hydrogen) atoms. The van der Waals surface area contributed by atoms with Crippen LogP contribution in [0, 0.1) is 10.1 Å². The molecule has 1 aliphatic rings. The minimum Gasteiger partial charge on any atom is -0.390 e. The number of aromatic nitrogens is 1. The lowest BCUT2D eigenvalue weighted by Crippen LogP contribution is -2.20. The summed E-state index contributed by atoms with van der Waals surface area (Å²) in [5, 5.41) is 16.8. The molecular weight excluding hydrogens is 382 g/mol. The third-order valence-corrected chi connectivity index (χ3v) is 5.41. The van der Waals surface area contributed by atoms with Crippen LogP contribution in [0.4, 0.5) is 5.69 Å². The number of pyridine rings is 1. The van der Waals surface area contributed by atoms with Crippen molar-refractivity contribution in [3.63, 3.8) is 0 Å². The molecule has 1 aliphatic heterocycles. The van der Waals surface area contributed by atoms with Crippen LogP contribution in [-0.4, -0.2) is 21.3 Å². The maximum Gasteiger partial charge on any atom is 0.278 e. The Labute approximate surface area is 171 Å². The molecule has 3 aromatic carbocycles. The lowest BCUT2D eigenvalue weighted by molar-refractivity contribution is -0.385. The zero-order chi connectivity index (χ0) is 20.7. The van der Waals surface area contributed by atoms with Crippen molar-refractivity contribution in [1.82, 2.24) is 4.57 Å². The predicted molar refractivity (Wildman–Crippen MR) is 115 cm³/mol. The second-order valence-electron chi connectivity index (χ2n) is 7.22. The molecule has 7 nitrogen and oxygen atoms in total. The van der Waals surface area contributed by atoms with Crippen LogP contribution in [-0.2, 0) is 11.4 Å². The fraction of sp³-hybridized carbons (Fsp3) is 0.130. The van der Waals surface area contributed by atoms with Gasteiger partial charge in [-0.25, -0.2) is 0 Å². The third-order valence-electron chi connectivity index (χ3n) is 5.41. The maximum absolute atomic E-state index is 12.9. The molecule has 0 amide bonds. The van der Waals surface area contributed by atoms with Crippen LogP contribution in [0.1, 0.15) is 12.0 Å². The van der Waals surface area contributed by atoms with Crippen LogP contribution in [0.3, 0.4) is 0 Å². The van der Waals surface area contributed by atoms with Gasteiger partial charge < -0.3 is 9.40 Å². The molecule has 1 aromatic heterocycles. The van der Waals surface area contributed by atoms with Gasteiger partial charge in [-0.3, -0.25) is 14.9 Å². The Hall–Kier alpha value is -4.00. The Morgan fingerprint density at radius 3 is 2.23 bits per heavy atom. The molecule has 0 fully saturated rings. The SMILES string of the molecule is O=c1c2ccccc2n(CC2CC(c3ccccc3[N+](=O)[O-])=NO2)c2ccccc12. The van der Waals surface area contributed by atoms with Gasteiger partial charge in [0.25, 0.3) is 5.69 Å². The van der Waals surface area contributed by atoms with Crippen LogP contribution in [0.15, 0.2) is 82.7 Å². The number of rotatable bonds is 4. The van der Waals surface area contributed by atoms with E-state index in [0.717, 1.165) is 11.0 Å². The number of para-hydroxylation sites is 3. The lowest BCUT2D eigenvalue weighted by Gasteiger charge is -2.17. The monoisotopic (exact) mass is 399 g/mol. The van der Waals surface area contributed by atoms with Crippen LogP contribution < -0.4 is 5.43 Å². The molecule has 1 unspecified atom stereocenters. The summed E-state index contributed by atoms with van der Waals surface area (Å²) in [4.78, 5) is 29.5. The quantitative estimate of drug-likeness (QED) is 0.292. The van der Waals surface area contributed by atoms with Gasteiger partial charge >= 0.3 is 0 Å². The van der Waals surface area contributed by atoms with Gasteiger partial charge in [-0.05, 0) is 30.3 Å². The fourth-order valence-electron chi connectivity index (χ4n) is 4.04. The molecule has 0 saturated carbocycles. The number of nitro groups is 1. The number of oxime groups is 1. The Bertz CT molecular complexity index is 1330. The predicted octanol–water partition coefficient (Wildman–Crippen LogP) is 4.26. The molecule has 4 aromatic rings. The van der Waals surface area contributed by atoms with Gasteiger partial charge in [0.05, 0.1) is 33.8 Å². The first-order valence-electron chi connectivity index (χ1n) is 9.60. The summed E-state index contributed by atoms with van der Waals surface area (Å²) >= 11 is 0. The molecule has 0 bridgehead atoms. The Balaban J connectivity index is 1.53. The molecule has 0 saturated heterocycles. The molecule has 1 atom stereocenters. The van der Waals surface area contributed by atoms with E-state index >= 15 is 0 Å². The first-order valence-corrected chi connectivity index (χ1v) is 9.60. The van der Waals surface area contributed by atoms with Crippen LogP contribution in [0.25, 0.3) is 21.8 Å². The van der Waals surface area contributed by atoms with Gasteiger partial charge in [0.1, 0.15) is 0 Å². The molecule has 0 aliphatic carbocycles. The molecule has 5 rings (SSSR count). The van der Waals surface area contributed by atoms with Crippen LogP contribution >= 0.6 is 0 Å². The summed E-state index contributed by atoms with van der Waals surface area (Å²) in [5.41, 5.74) is 2.69. The Kier molecular flexibility index (Phi) is 4.28. The van der Waals surface area contributed by atoms with Gasteiger partial charge in [0, 0.05) is 23.3 Å². The highest BCUT2D eigenvalue weighted by Crippen LogP contribution is 2.27. The Morgan fingerprint density at radius 2 is 1.57 bits per heavy atom. The van der Waals surface area contributed by atoms with E-state index < -0.39 is 4.92 Å². The number of fused-ring (bicyclic) bond motifs is 2. The summed E-state index contributed by atoms with van der Waals surface area (Å²) in [6.45, 7) is 0.467. The molecule has 7 heteroatoms. The van der Waals surface area contributed by atoms with Gasteiger partial charge in [0.15, 0.2) is 11.5 Å². The van der Waals surface area contributed by atoms with Crippen molar-refractivity contribution < 1.29 is 9.76 Å². The van der Waals surface area contributed by atoms with Crippen molar-refractivity contribution in [3.8, 4) is 0 Å². The van der Waals surface area contributed by atoms with Crippen LogP contribution in [0.2, 0.25) is 0 Å². The number of nitrogens with zero attached hydrogens (tertiary/aromatic N) is 3. The standard InChI is InChI=1S/C23H17N3O4/c27-23-17-8-2-4-10-20(17)25(21-11-5-3-9-18(21)23)14-15-13-19(24-30-15)16-7-1-6-12-22(16)26(28)29/h1-12,15H,13-14H2. The molecule has 148 valence electrons. The highest BCUT2D eigenvalue weighted by atomic mass is 16.6. The molecule has 0 N–H and O–H groups in total. The summed E-state index contributed by atoms with van der Waals surface area (Å²) in [7, 11) is 0. The van der Waals surface area contributed by atoms with Crippen molar-refractivity contribution in [1.29, 1.82) is 0 Å². The van der Waals surface area contributed by atoms with Crippen molar-refractivity contribution in [2.75, 3.05) is 0 Å². The van der Waals surface area contributed by atoms with E-state index in [2.05, 4.69) is 9.72 Å². The normalized spacial score (nSPS) is 15.9. The highest BCUT2D eigenvalue weighted by Gasteiger charge is 2.28.